The maximum atomic E-state index is 12.8. The first kappa shape index (κ1) is 24.5. The SMILES string of the molecule is COc1ccccc1NS(=O)(=O)c1ccc(NN=C2CCC(C(C)(C)C)CC2)c([N+](=O)[O-])c1. The Morgan fingerprint density at radius 2 is 1.76 bits per heavy atom. The summed E-state index contributed by atoms with van der Waals surface area (Å²) >= 11 is 0. The number of nitrogens with one attached hydrogen (secondary N) is 2. The number of anilines is 2. The second-order valence-electron chi connectivity index (χ2n) is 9.17. The molecule has 1 aliphatic carbocycles. The molecule has 0 amide bonds. The third-order valence-corrected chi connectivity index (χ3v) is 7.31. The first-order valence-electron chi connectivity index (χ1n) is 10.8. The van der Waals surface area contributed by atoms with Crippen molar-refractivity contribution in [3.8, 4) is 5.75 Å². The summed E-state index contributed by atoms with van der Waals surface area (Å²) in [4.78, 5) is 10.8. The van der Waals surface area contributed by atoms with E-state index in [0.717, 1.165) is 37.5 Å². The summed E-state index contributed by atoms with van der Waals surface area (Å²) < 4.78 is 33.3. The minimum absolute atomic E-state index is 0.140. The van der Waals surface area contributed by atoms with Crippen LogP contribution in [0.3, 0.4) is 0 Å². The number of rotatable bonds is 7. The number of hydrogen-bond acceptors (Lipinski definition) is 7. The molecule has 2 aromatic carbocycles. The van der Waals surface area contributed by atoms with E-state index in [9.17, 15) is 18.5 Å². The molecule has 3 rings (SSSR count). The molecule has 178 valence electrons. The van der Waals surface area contributed by atoms with Crippen LogP contribution in [0.5, 0.6) is 5.75 Å². The monoisotopic (exact) mass is 474 g/mol. The summed E-state index contributed by atoms with van der Waals surface area (Å²) in [5, 5.41) is 16.0. The van der Waals surface area contributed by atoms with Gasteiger partial charge in [0.2, 0.25) is 0 Å². The topological polar surface area (TPSA) is 123 Å². The Balaban J connectivity index is 1.79. The van der Waals surface area contributed by atoms with Crippen LogP contribution < -0.4 is 14.9 Å². The van der Waals surface area contributed by atoms with Gasteiger partial charge in [-0.2, -0.15) is 5.10 Å². The third-order valence-electron chi connectivity index (χ3n) is 5.95. The highest BCUT2D eigenvalue weighted by atomic mass is 32.2. The van der Waals surface area contributed by atoms with Crippen molar-refractivity contribution in [2.75, 3.05) is 17.3 Å². The fourth-order valence-electron chi connectivity index (χ4n) is 3.92. The van der Waals surface area contributed by atoms with Crippen molar-refractivity contribution in [2.45, 2.75) is 51.3 Å². The van der Waals surface area contributed by atoms with E-state index in [1.807, 2.05) is 0 Å². The van der Waals surface area contributed by atoms with Gasteiger partial charge >= 0.3 is 0 Å². The lowest BCUT2D eigenvalue weighted by Gasteiger charge is -2.34. The van der Waals surface area contributed by atoms with Crippen LogP contribution in [0.4, 0.5) is 17.1 Å². The van der Waals surface area contributed by atoms with Gasteiger partial charge in [-0.1, -0.05) is 32.9 Å². The lowest BCUT2D eigenvalue weighted by molar-refractivity contribution is -0.384. The fraction of sp³-hybridized carbons (Fsp3) is 0.435. The summed E-state index contributed by atoms with van der Waals surface area (Å²) in [6.45, 7) is 6.71. The standard InChI is InChI=1S/C23H30N4O5S/c1-23(2,3)16-9-11-17(12-10-16)24-25-19-14-13-18(15-21(19)27(28)29)33(30,31)26-20-7-5-6-8-22(20)32-4/h5-8,13-16,25-26H,9-12H2,1-4H3. The van der Waals surface area contributed by atoms with E-state index < -0.39 is 14.9 Å². The Hall–Kier alpha value is -3.14. The molecule has 10 heteroatoms. The third kappa shape index (κ3) is 6.01. The lowest BCUT2D eigenvalue weighted by atomic mass is 9.72. The van der Waals surface area contributed by atoms with E-state index in [1.54, 1.807) is 24.3 Å². The smallest absolute Gasteiger partial charge is 0.295 e. The molecule has 2 N–H and O–H groups in total. The zero-order valence-corrected chi connectivity index (χ0v) is 20.1. The summed E-state index contributed by atoms with van der Waals surface area (Å²) in [6.07, 6.45) is 3.71. The van der Waals surface area contributed by atoms with Crippen LogP contribution in [-0.4, -0.2) is 26.2 Å². The number of ether oxygens (including phenoxy) is 1. The zero-order valence-electron chi connectivity index (χ0n) is 19.3. The van der Waals surface area contributed by atoms with Crippen molar-refractivity contribution >= 4 is 32.8 Å². The summed E-state index contributed by atoms with van der Waals surface area (Å²) in [5.41, 5.74) is 3.99. The molecule has 33 heavy (non-hydrogen) atoms. The Morgan fingerprint density at radius 1 is 1.09 bits per heavy atom. The van der Waals surface area contributed by atoms with Crippen LogP contribution in [0.25, 0.3) is 0 Å². The van der Waals surface area contributed by atoms with Crippen molar-refractivity contribution in [1.82, 2.24) is 0 Å². The van der Waals surface area contributed by atoms with Gasteiger partial charge in [0.05, 0.1) is 22.6 Å². The molecular formula is C23H30N4O5S. The number of nitro groups is 1. The number of nitrogens with zero attached hydrogens (tertiary/aromatic N) is 2. The first-order chi connectivity index (χ1) is 15.5. The van der Waals surface area contributed by atoms with Gasteiger partial charge in [-0.05, 0) is 61.3 Å². The number of hydrogen-bond donors (Lipinski definition) is 2. The Labute approximate surface area is 194 Å². The molecule has 1 saturated carbocycles. The number of benzene rings is 2. The number of methoxy groups -OCH3 is 1. The minimum Gasteiger partial charge on any atom is -0.495 e. The first-order valence-corrected chi connectivity index (χ1v) is 12.3. The molecule has 0 radical (unpaired) electrons. The van der Waals surface area contributed by atoms with Gasteiger partial charge in [0.15, 0.2) is 0 Å². The highest BCUT2D eigenvalue weighted by Gasteiger charge is 2.28. The zero-order chi connectivity index (χ0) is 24.2. The van der Waals surface area contributed by atoms with E-state index in [0.29, 0.717) is 11.7 Å². The van der Waals surface area contributed by atoms with E-state index in [1.165, 1.54) is 19.2 Å². The van der Waals surface area contributed by atoms with Crippen LogP contribution in [0, 0.1) is 21.4 Å². The lowest BCUT2D eigenvalue weighted by Crippen LogP contribution is -2.26. The molecule has 2 aromatic rings. The van der Waals surface area contributed by atoms with E-state index in [4.69, 9.17) is 4.74 Å². The summed E-state index contributed by atoms with van der Waals surface area (Å²) in [6, 6.07) is 10.2. The van der Waals surface area contributed by atoms with Crippen LogP contribution in [0.15, 0.2) is 52.5 Å². The van der Waals surface area contributed by atoms with Crippen molar-refractivity contribution in [3.63, 3.8) is 0 Å². The van der Waals surface area contributed by atoms with E-state index in [-0.39, 0.29) is 27.4 Å². The molecule has 9 nitrogen and oxygen atoms in total. The highest BCUT2D eigenvalue weighted by molar-refractivity contribution is 7.92. The van der Waals surface area contributed by atoms with Gasteiger partial charge in [0.1, 0.15) is 11.4 Å². The number of hydrazone groups is 1. The van der Waals surface area contributed by atoms with Crippen molar-refractivity contribution in [1.29, 1.82) is 0 Å². The minimum atomic E-state index is -4.07. The van der Waals surface area contributed by atoms with Crippen molar-refractivity contribution in [2.24, 2.45) is 16.4 Å². The molecule has 0 atom stereocenters. The number of nitro benzene ring substituents is 1. The van der Waals surface area contributed by atoms with Crippen LogP contribution >= 0.6 is 0 Å². The molecule has 0 aliphatic heterocycles. The van der Waals surface area contributed by atoms with Crippen LogP contribution in [0.2, 0.25) is 0 Å². The second-order valence-corrected chi connectivity index (χ2v) is 10.9. The predicted octanol–water partition coefficient (Wildman–Crippen LogP) is 5.41. The molecule has 0 aromatic heterocycles. The molecular weight excluding hydrogens is 444 g/mol. The summed E-state index contributed by atoms with van der Waals surface area (Å²) in [5.74, 6) is 0.955. The Morgan fingerprint density at radius 3 is 2.36 bits per heavy atom. The van der Waals surface area contributed by atoms with Crippen LogP contribution in [0.1, 0.15) is 46.5 Å². The molecule has 0 unspecified atom stereocenters. The van der Waals surface area contributed by atoms with E-state index >= 15 is 0 Å². The quantitative estimate of drug-likeness (QED) is 0.409. The van der Waals surface area contributed by atoms with Crippen molar-refractivity contribution in [3.05, 3.63) is 52.6 Å². The van der Waals surface area contributed by atoms with Crippen LogP contribution in [-0.2, 0) is 10.0 Å². The molecule has 1 fully saturated rings. The van der Waals surface area contributed by atoms with Gasteiger partial charge in [0.25, 0.3) is 15.7 Å². The Kier molecular flexibility index (Phi) is 7.26. The Bertz CT molecular complexity index is 1150. The van der Waals surface area contributed by atoms with Gasteiger partial charge in [-0.15, -0.1) is 0 Å². The predicted molar refractivity (Wildman–Crippen MR) is 129 cm³/mol. The van der Waals surface area contributed by atoms with Crippen molar-refractivity contribution < 1.29 is 18.1 Å². The molecule has 0 bridgehead atoms. The maximum Gasteiger partial charge on any atom is 0.295 e. The summed E-state index contributed by atoms with van der Waals surface area (Å²) in [7, 11) is -2.65. The highest BCUT2D eigenvalue weighted by Crippen LogP contribution is 2.37. The fourth-order valence-corrected chi connectivity index (χ4v) is 5.01. The average Bonchev–Trinajstić information content (AvgIpc) is 2.77. The van der Waals surface area contributed by atoms with Gasteiger partial charge in [0, 0.05) is 11.8 Å². The maximum absolute atomic E-state index is 12.8. The largest absolute Gasteiger partial charge is 0.495 e. The van der Waals surface area contributed by atoms with Gasteiger partial charge in [-0.3, -0.25) is 20.3 Å². The van der Waals surface area contributed by atoms with Gasteiger partial charge < -0.3 is 4.74 Å². The molecule has 0 spiro atoms. The molecule has 0 heterocycles. The molecule has 1 aliphatic rings. The normalized spacial score (nSPS) is 16.7. The number of sulfonamides is 1. The van der Waals surface area contributed by atoms with E-state index in [2.05, 4.69) is 36.0 Å². The second kappa shape index (κ2) is 9.78. The average molecular weight is 475 g/mol. The van der Waals surface area contributed by atoms with Gasteiger partial charge in [-0.25, -0.2) is 8.42 Å². The number of para-hydroxylation sites is 2. The molecule has 0 saturated heterocycles.